The Kier molecular flexibility index (Phi) is 5.83. The summed E-state index contributed by atoms with van der Waals surface area (Å²) >= 11 is 0. The molecule has 0 spiro atoms. The SMILES string of the molecule is CC(C)N(Cc1ccccc1)C(=O)c1ccc(N2CCN(C)CC2)nn1. The predicted octanol–water partition coefficient (Wildman–Crippen LogP) is 2.28. The minimum absolute atomic E-state index is 0.0821. The summed E-state index contributed by atoms with van der Waals surface area (Å²) in [5.74, 6) is 0.759. The number of amides is 1. The molecule has 26 heavy (non-hydrogen) atoms. The lowest BCUT2D eigenvalue weighted by Gasteiger charge is -2.33. The van der Waals surface area contributed by atoms with Gasteiger partial charge < -0.3 is 14.7 Å². The summed E-state index contributed by atoms with van der Waals surface area (Å²) in [5.41, 5.74) is 1.50. The number of rotatable bonds is 5. The molecule has 0 unspecified atom stereocenters. The van der Waals surface area contributed by atoms with Crippen LogP contribution in [0.2, 0.25) is 0 Å². The number of hydrogen-bond acceptors (Lipinski definition) is 5. The van der Waals surface area contributed by atoms with Crippen LogP contribution in [0.1, 0.15) is 29.9 Å². The van der Waals surface area contributed by atoms with Crippen molar-refractivity contribution in [2.75, 3.05) is 38.1 Å². The molecule has 2 heterocycles. The number of nitrogens with zero attached hydrogens (tertiary/aromatic N) is 5. The number of aromatic nitrogens is 2. The second kappa shape index (κ2) is 8.27. The second-order valence-electron chi connectivity index (χ2n) is 7.08. The number of benzene rings is 1. The van der Waals surface area contributed by atoms with Gasteiger partial charge in [-0.25, -0.2) is 0 Å². The van der Waals surface area contributed by atoms with Gasteiger partial charge >= 0.3 is 0 Å². The molecular formula is C20H27N5O. The fraction of sp³-hybridized carbons (Fsp3) is 0.450. The first kappa shape index (κ1) is 18.3. The van der Waals surface area contributed by atoms with Crippen molar-refractivity contribution in [3.05, 3.63) is 53.7 Å². The fourth-order valence-electron chi connectivity index (χ4n) is 3.06. The zero-order valence-electron chi connectivity index (χ0n) is 15.8. The minimum Gasteiger partial charge on any atom is -0.353 e. The Balaban J connectivity index is 1.71. The molecule has 0 radical (unpaired) electrons. The molecule has 1 aliphatic heterocycles. The molecule has 6 heteroatoms. The van der Waals surface area contributed by atoms with Gasteiger partial charge in [-0.2, -0.15) is 0 Å². The van der Waals surface area contributed by atoms with Gasteiger partial charge in [-0.1, -0.05) is 30.3 Å². The lowest BCUT2D eigenvalue weighted by molar-refractivity contribution is 0.0683. The van der Waals surface area contributed by atoms with E-state index in [1.54, 1.807) is 6.07 Å². The van der Waals surface area contributed by atoms with Crippen molar-refractivity contribution in [3.63, 3.8) is 0 Å². The molecule has 1 fully saturated rings. The molecule has 2 aromatic rings. The average molecular weight is 353 g/mol. The van der Waals surface area contributed by atoms with E-state index in [1.807, 2.05) is 55.1 Å². The van der Waals surface area contributed by atoms with E-state index in [2.05, 4.69) is 27.0 Å². The third-order valence-corrected chi connectivity index (χ3v) is 4.78. The van der Waals surface area contributed by atoms with E-state index in [0.29, 0.717) is 12.2 Å². The van der Waals surface area contributed by atoms with Gasteiger partial charge in [-0.05, 0) is 38.6 Å². The predicted molar refractivity (Wildman–Crippen MR) is 103 cm³/mol. The molecule has 0 aliphatic carbocycles. The Bertz CT molecular complexity index is 709. The van der Waals surface area contributed by atoms with Gasteiger partial charge in [0.05, 0.1) is 0 Å². The Morgan fingerprint density at radius 1 is 1.04 bits per heavy atom. The van der Waals surface area contributed by atoms with Gasteiger partial charge in [0, 0.05) is 38.8 Å². The van der Waals surface area contributed by atoms with Crippen molar-refractivity contribution in [1.29, 1.82) is 0 Å². The van der Waals surface area contributed by atoms with E-state index in [9.17, 15) is 4.79 Å². The summed E-state index contributed by atoms with van der Waals surface area (Å²) in [6.45, 7) is 8.51. The van der Waals surface area contributed by atoms with Crippen LogP contribution in [0.15, 0.2) is 42.5 Å². The van der Waals surface area contributed by atoms with Gasteiger partial charge in [0.15, 0.2) is 11.5 Å². The molecule has 138 valence electrons. The van der Waals surface area contributed by atoms with E-state index < -0.39 is 0 Å². The van der Waals surface area contributed by atoms with Gasteiger partial charge in [0.2, 0.25) is 0 Å². The van der Waals surface area contributed by atoms with Crippen LogP contribution in [0, 0.1) is 0 Å². The molecule has 6 nitrogen and oxygen atoms in total. The van der Waals surface area contributed by atoms with E-state index >= 15 is 0 Å². The first-order chi connectivity index (χ1) is 12.5. The smallest absolute Gasteiger partial charge is 0.274 e. The summed E-state index contributed by atoms with van der Waals surface area (Å²) in [5, 5.41) is 8.53. The van der Waals surface area contributed by atoms with E-state index in [0.717, 1.165) is 37.6 Å². The van der Waals surface area contributed by atoms with Crippen molar-refractivity contribution >= 4 is 11.7 Å². The number of piperazine rings is 1. The maximum absolute atomic E-state index is 12.9. The molecule has 3 rings (SSSR count). The van der Waals surface area contributed by atoms with Crippen molar-refractivity contribution in [3.8, 4) is 0 Å². The summed E-state index contributed by atoms with van der Waals surface area (Å²) in [4.78, 5) is 19.3. The zero-order chi connectivity index (χ0) is 18.5. The van der Waals surface area contributed by atoms with E-state index in [1.165, 1.54) is 0 Å². The standard InChI is InChI=1S/C20H27N5O/c1-16(2)25(15-17-7-5-4-6-8-17)20(26)18-9-10-19(22-21-18)24-13-11-23(3)12-14-24/h4-10,16H,11-15H2,1-3H3. The van der Waals surface area contributed by atoms with Crippen molar-refractivity contribution in [2.45, 2.75) is 26.4 Å². The maximum atomic E-state index is 12.9. The highest BCUT2D eigenvalue weighted by Gasteiger charge is 2.22. The number of anilines is 1. The Hall–Kier alpha value is -2.47. The van der Waals surface area contributed by atoms with Crippen LogP contribution in [-0.4, -0.2) is 65.2 Å². The first-order valence-electron chi connectivity index (χ1n) is 9.16. The van der Waals surface area contributed by atoms with Crippen LogP contribution >= 0.6 is 0 Å². The molecule has 1 aromatic heterocycles. The third kappa shape index (κ3) is 4.38. The molecule has 0 saturated carbocycles. The minimum atomic E-state index is -0.0821. The molecular weight excluding hydrogens is 326 g/mol. The lowest BCUT2D eigenvalue weighted by atomic mass is 10.1. The molecule has 1 amide bonds. The molecule has 0 bridgehead atoms. The highest BCUT2D eigenvalue weighted by molar-refractivity contribution is 5.92. The van der Waals surface area contributed by atoms with Crippen molar-refractivity contribution in [1.82, 2.24) is 20.0 Å². The number of hydrogen-bond donors (Lipinski definition) is 0. The summed E-state index contributed by atoms with van der Waals surface area (Å²) in [6.07, 6.45) is 0. The number of likely N-dealkylation sites (N-methyl/N-ethyl adjacent to an activating group) is 1. The zero-order valence-corrected chi connectivity index (χ0v) is 15.8. The Labute approximate surface area is 155 Å². The van der Waals surface area contributed by atoms with E-state index in [4.69, 9.17) is 0 Å². The topological polar surface area (TPSA) is 52.6 Å². The largest absolute Gasteiger partial charge is 0.353 e. The van der Waals surface area contributed by atoms with Crippen LogP contribution in [0.4, 0.5) is 5.82 Å². The maximum Gasteiger partial charge on any atom is 0.274 e. The van der Waals surface area contributed by atoms with Crippen LogP contribution < -0.4 is 4.90 Å². The Morgan fingerprint density at radius 2 is 1.73 bits per heavy atom. The lowest BCUT2D eigenvalue weighted by Crippen LogP contribution is -2.45. The van der Waals surface area contributed by atoms with Gasteiger partial charge in [-0.15, -0.1) is 10.2 Å². The first-order valence-corrected chi connectivity index (χ1v) is 9.16. The molecule has 1 saturated heterocycles. The fourth-order valence-corrected chi connectivity index (χ4v) is 3.06. The van der Waals surface area contributed by atoms with E-state index in [-0.39, 0.29) is 11.9 Å². The Morgan fingerprint density at radius 3 is 2.31 bits per heavy atom. The van der Waals surface area contributed by atoms with Crippen LogP contribution in [-0.2, 0) is 6.54 Å². The molecule has 0 atom stereocenters. The molecule has 1 aliphatic rings. The number of carbonyl (C=O) groups excluding carboxylic acids is 1. The monoisotopic (exact) mass is 353 g/mol. The number of carbonyl (C=O) groups is 1. The quantitative estimate of drug-likeness (QED) is 0.825. The van der Waals surface area contributed by atoms with Gasteiger partial charge in [0.25, 0.3) is 5.91 Å². The second-order valence-corrected chi connectivity index (χ2v) is 7.08. The van der Waals surface area contributed by atoms with Crippen LogP contribution in [0.5, 0.6) is 0 Å². The van der Waals surface area contributed by atoms with Gasteiger partial charge in [-0.3, -0.25) is 4.79 Å². The summed E-state index contributed by atoms with van der Waals surface area (Å²) in [6, 6.07) is 13.8. The highest BCUT2D eigenvalue weighted by Crippen LogP contribution is 2.15. The normalized spacial score (nSPS) is 15.3. The molecule has 1 aromatic carbocycles. The van der Waals surface area contributed by atoms with Crippen molar-refractivity contribution < 1.29 is 4.79 Å². The van der Waals surface area contributed by atoms with Crippen molar-refractivity contribution in [2.24, 2.45) is 0 Å². The van der Waals surface area contributed by atoms with Crippen LogP contribution in [0.3, 0.4) is 0 Å². The highest BCUT2D eigenvalue weighted by atomic mass is 16.2. The molecule has 0 N–H and O–H groups in total. The van der Waals surface area contributed by atoms with Gasteiger partial charge in [0.1, 0.15) is 0 Å². The van der Waals surface area contributed by atoms with Crippen LogP contribution in [0.25, 0.3) is 0 Å². The summed E-state index contributed by atoms with van der Waals surface area (Å²) < 4.78 is 0. The summed E-state index contributed by atoms with van der Waals surface area (Å²) in [7, 11) is 2.12. The third-order valence-electron chi connectivity index (χ3n) is 4.78. The average Bonchev–Trinajstić information content (AvgIpc) is 2.67.